The van der Waals surface area contributed by atoms with Crippen molar-refractivity contribution < 1.29 is 4.74 Å². The van der Waals surface area contributed by atoms with Crippen molar-refractivity contribution >= 4 is 11.6 Å². The maximum Gasteiger partial charge on any atom is 0.141 e. The maximum atomic E-state index is 6.68. The maximum absolute atomic E-state index is 6.68. The topological polar surface area (TPSA) is 21.3 Å². The highest BCUT2D eigenvalue weighted by Crippen LogP contribution is 2.42. The fourth-order valence-corrected chi connectivity index (χ4v) is 4.42. The van der Waals surface area contributed by atoms with Crippen LogP contribution < -0.4 is 10.1 Å². The van der Waals surface area contributed by atoms with E-state index in [1.165, 1.54) is 54.4 Å². The Morgan fingerprint density at radius 2 is 1.81 bits per heavy atom. The fourth-order valence-electron chi connectivity index (χ4n) is 4.02. The predicted molar refractivity (Wildman–Crippen MR) is 88.7 cm³/mol. The van der Waals surface area contributed by atoms with Gasteiger partial charge in [0, 0.05) is 0 Å². The van der Waals surface area contributed by atoms with Crippen LogP contribution in [0.4, 0.5) is 0 Å². The van der Waals surface area contributed by atoms with Gasteiger partial charge in [0.1, 0.15) is 5.75 Å². The van der Waals surface area contributed by atoms with E-state index < -0.39 is 0 Å². The molecule has 1 fully saturated rings. The van der Waals surface area contributed by atoms with Crippen molar-refractivity contribution in [3.8, 4) is 5.75 Å². The number of methoxy groups -OCH3 is 1. The predicted octanol–water partition coefficient (Wildman–Crippen LogP) is 4.08. The smallest absolute Gasteiger partial charge is 0.141 e. The zero-order valence-electron chi connectivity index (χ0n) is 13.2. The zero-order chi connectivity index (χ0) is 14.8. The standard InChI is InChI=1S/C18H26ClNO/c1-12-14-5-3-4-6-15(14)17(19)18(21-2)16(12)11-13-7-9-20-10-8-13/h13,20H,3-11H2,1-2H3. The lowest BCUT2D eigenvalue weighted by Gasteiger charge is -2.28. The lowest BCUT2D eigenvalue weighted by molar-refractivity contribution is 0.360. The third-order valence-electron chi connectivity index (χ3n) is 5.27. The molecule has 0 amide bonds. The SMILES string of the molecule is COc1c(Cl)c2c(c(C)c1CC1CCNCC1)CCCC2. The van der Waals surface area contributed by atoms with Crippen LogP contribution in [0.15, 0.2) is 0 Å². The molecule has 0 atom stereocenters. The van der Waals surface area contributed by atoms with Crippen LogP contribution >= 0.6 is 11.6 Å². The van der Waals surface area contributed by atoms with Crippen LogP contribution in [-0.2, 0) is 19.3 Å². The minimum absolute atomic E-state index is 0.761. The molecule has 116 valence electrons. The van der Waals surface area contributed by atoms with Crippen molar-refractivity contribution in [2.24, 2.45) is 5.92 Å². The molecule has 2 aliphatic rings. The first-order valence-corrected chi connectivity index (χ1v) is 8.67. The van der Waals surface area contributed by atoms with Crippen LogP contribution in [0, 0.1) is 12.8 Å². The highest BCUT2D eigenvalue weighted by Gasteiger charge is 2.25. The molecule has 1 aliphatic heterocycles. The largest absolute Gasteiger partial charge is 0.495 e. The normalized spacial score (nSPS) is 19.4. The molecule has 0 bridgehead atoms. The number of benzene rings is 1. The average Bonchev–Trinajstić information content (AvgIpc) is 2.54. The third kappa shape index (κ3) is 2.93. The van der Waals surface area contributed by atoms with E-state index in [4.69, 9.17) is 16.3 Å². The Morgan fingerprint density at radius 1 is 1.14 bits per heavy atom. The summed E-state index contributed by atoms with van der Waals surface area (Å²) in [4.78, 5) is 0. The third-order valence-corrected chi connectivity index (χ3v) is 5.67. The molecule has 0 saturated carbocycles. The molecule has 3 heteroatoms. The van der Waals surface area contributed by atoms with E-state index in [9.17, 15) is 0 Å². The molecule has 21 heavy (non-hydrogen) atoms. The first kappa shape index (κ1) is 15.2. The number of hydrogen-bond donors (Lipinski definition) is 1. The van der Waals surface area contributed by atoms with Gasteiger partial charge in [0.15, 0.2) is 0 Å². The molecule has 2 nitrogen and oxygen atoms in total. The second-order valence-electron chi connectivity index (χ2n) is 6.51. The molecule has 1 saturated heterocycles. The van der Waals surface area contributed by atoms with Crippen molar-refractivity contribution in [1.82, 2.24) is 5.32 Å². The zero-order valence-corrected chi connectivity index (χ0v) is 14.0. The molecule has 1 heterocycles. The van der Waals surface area contributed by atoms with Crippen LogP contribution in [0.1, 0.15) is 47.9 Å². The Balaban J connectivity index is 1.99. The van der Waals surface area contributed by atoms with Gasteiger partial charge in [-0.15, -0.1) is 0 Å². The summed E-state index contributed by atoms with van der Waals surface area (Å²) in [5, 5.41) is 4.34. The van der Waals surface area contributed by atoms with Gasteiger partial charge in [0.2, 0.25) is 0 Å². The lowest BCUT2D eigenvalue weighted by Crippen LogP contribution is -2.29. The highest BCUT2D eigenvalue weighted by atomic mass is 35.5. The quantitative estimate of drug-likeness (QED) is 0.908. The first-order valence-electron chi connectivity index (χ1n) is 8.29. The molecule has 0 spiro atoms. The van der Waals surface area contributed by atoms with E-state index >= 15 is 0 Å². The monoisotopic (exact) mass is 307 g/mol. The van der Waals surface area contributed by atoms with E-state index in [2.05, 4.69) is 12.2 Å². The van der Waals surface area contributed by atoms with Gasteiger partial charge in [-0.1, -0.05) is 11.6 Å². The summed E-state index contributed by atoms with van der Waals surface area (Å²) < 4.78 is 5.72. The van der Waals surface area contributed by atoms with Crippen molar-refractivity contribution in [2.75, 3.05) is 20.2 Å². The van der Waals surface area contributed by atoms with Crippen LogP contribution in [-0.4, -0.2) is 20.2 Å². The summed E-state index contributed by atoms with van der Waals surface area (Å²) in [5.74, 6) is 1.71. The van der Waals surface area contributed by atoms with E-state index in [1.807, 2.05) is 0 Å². The van der Waals surface area contributed by atoms with Gasteiger partial charge in [0.25, 0.3) is 0 Å². The van der Waals surface area contributed by atoms with Gasteiger partial charge in [-0.2, -0.15) is 0 Å². The van der Waals surface area contributed by atoms with Crippen LogP contribution in [0.25, 0.3) is 0 Å². The van der Waals surface area contributed by atoms with E-state index in [0.717, 1.165) is 42.6 Å². The van der Waals surface area contributed by atoms with Gasteiger partial charge in [-0.3, -0.25) is 0 Å². The molecule has 0 aromatic heterocycles. The van der Waals surface area contributed by atoms with Crippen LogP contribution in [0.3, 0.4) is 0 Å². The summed E-state index contributed by atoms with van der Waals surface area (Å²) in [7, 11) is 1.77. The molecule has 0 radical (unpaired) electrons. The average molecular weight is 308 g/mol. The van der Waals surface area contributed by atoms with Gasteiger partial charge in [-0.05, 0) is 93.1 Å². The van der Waals surface area contributed by atoms with Crippen molar-refractivity contribution in [3.05, 3.63) is 27.3 Å². The number of piperidine rings is 1. The van der Waals surface area contributed by atoms with E-state index in [1.54, 1.807) is 7.11 Å². The Bertz CT molecular complexity index is 521. The Morgan fingerprint density at radius 3 is 2.48 bits per heavy atom. The number of ether oxygens (including phenoxy) is 1. The Labute approximate surface area is 133 Å². The van der Waals surface area contributed by atoms with E-state index in [0.29, 0.717) is 0 Å². The van der Waals surface area contributed by atoms with E-state index in [-0.39, 0.29) is 0 Å². The highest BCUT2D eigenvalue weighted by molar-refractivity contribution is 6.33. The summed E-state index contributed by atoms with van der Waals surface area (Å²) >= 11 is 6.68. The molecule has 3 rings (SSSR count). The second kappa shape index (κ2) is 6.58. The van der Waals surface area contributed by atoms with Gasteiger partial charge < -0.3 is 10.1 Å². The number of halogens is 1. The second-order valence-corrected chi connectivity index (χ2v) is 6.89. The summed E-state index contributed by atoms with van der Waals surface area (Å²) in [5.41, 5.74) is 5.68. The van der Waals surface area contributed by atoms with Gasteiger partial charge in [-0.25, -0.2) is 0 Å². The van der Waals surface area contributed by atoms with Crippen molar-refractivity contribution in [2.45, 2.75) is 51.9 Å². The number of nitrogens with one attached hydrogen (secondary N) is 1. The minimum atomic E-state index is 0.761. The lowest BCUT2D eigenvalue weighted by atomic mass is 9.82. The van der Waals surface area contributed by atoms with Crippen molar-refractivity contribution in [1.29, 1.82) is 0 Å². The van der Waals surface area contributed by atoms with Crippen LogP contribution in [0.5, 0.6) is 5.75 Å². The summed E-state index contributed by atoms with van der Waals surface area (Å²) in [6, 6.07) is 0. The van der Waals surface area contributed by atoms with Gasteiger partial charge in [0.05, 0.1) is 12.1 Å². The molecule has 1 N–H and O–H groups in total. The molecular weight excluding hydrogens is 282 g/mol. The first-order chi connectivity index (χ1) is 10.2. The molecule has 0 unspecified atom stereocenters. The van der Waals surface area contributed by atoms with Gasteiger partial charge >= 0.3 is 0 Å². The molecule has 1 aromatic carbocycles. The van der Waals surface area contributed by atoms with Crippen molar-refractivity contribution in [3.63, 3.8) is 0 Å². The Hall–Kier alpha value is -0.730. The molecule has 1 aliphatic carbocycles. The summed E-state index contributed by atoms with van der Waals surface area (Å²) in [6.45, 7) is 4.56. The minimum Gasteiger partial charge on any atom is -0.495 e. The number of hydrogen-bond acceptors (Lipinski definition) is 2. The number of rotatable bonds is 3. The molecular formula is C18H26ClNO. The fraction of sp³-hybridized carbons (Fsp3) is 0.667. The summed E-state index contributed by atoms with van der Waals surface area (Å²) in [6.07, 6.45) is 8.48. The number of fused-ring (bicyclic) bond motifs is 1. The Kier molecular flexibility index (Phi) is 4.75. The van der Waals surface area contributed by atoms with Crippen LogP contribution in [0.2, 0.25) is 5.02 Å². The molecule has 1 aromatic rings.